The second-order valence-corrected chi connectivity index (χ2v) is 5.31. The fourth-order valence-electron chi connectivity index (χ4n) is 3.13. The van der Waals surface area contributed by atoms with E-state index >= 15 is 0 Å². The van der Waals surface area contributed by atoms with Crippen LogP contribution in [0, 0.1) is 11.8 Å². The maximum atomic E-state index is 11.5. The van der Waals surface area contributed by atoms with Gasteiger partial charge in [0.15, 0.2) is 0 Å². The highest BCUT2D eigenvalue weighted by Gasteiger charge is 2.37. The largest absolute Gasteiger partial charge is 0.468 e. The number of hydrogen-bond donors (Lipinski definition) is 1. The van der Waals surface area contributed by atoms with Crippen LogP contribution in [-0.2, 0) is 9.53 Å². The fourth-order valence-corrected chi connectivity index (χ4v) is 3.13. The molecule has 0 spiro atoms. The van der Waals surface area contributed by atoms with Crippen molar-refractivity contribution >= 4 is 5.97 Å². The quantitative estimate of drug-likeness (QED) is 0.747. The van der Waals surface area contributed by atoms with E-state index in [0.717, 1.165) is 25.9 Å². The average Bonchev–Trinajstić information content (AvgIpc) is 2.34. The van der Waals surface area contributed by atoms with Crippen LogP contribution in [0.5, 0.6) is 0 Å². The SMILES string of the molecule is COC(=O)C1CCN1CC1CCCCC1CO. The van der Waals surface area contributed by atoms with Crippen molar-refractivity contribution in [3.05, 3.63) is 0 Å². The van der Waals surface area contributed by atoms with Crippen molar-refractivity contribution in [2.24, 2.45) is 11.8 Å². The topological polar surface area (TPSA) is 49.8 Å². The summed E-state index contributed by atoms with van der Waals surface area (Å²) in [5.41, 5.74) is 0. The van der Waals surface area contributed by atoms with Crippen molar-refractivity contribution in [3.63, 3.8) is 0 Å². The smallest absolute Gasteiger partial charge is 0.323 e. The summed E-state index contributed by atoms with van der Waals surface area (Å²) < 4.78 is 4.80. The van der Waals surface area contributed by atoms with E-state index in [0.29, 0.717) is 18.4 Å². The molecule has 2 aliphatic rings. The number of nitrogens with zero attached hydrogens (tertiary/aromatic N) is 1. The Morgan fingerprint density at radius 1 is 1.29 bits per heavy atom. The Bertz CT molecular complexity index is 269. The van der Waals surface area contributed by atoms with Crippen LogP contribution in [0.15, 0.2) is 0 Å². The average molecular weight is 241 g/mol. The number of carbonyl (C=O) groups is 1. The first-order valence-corrected chi connectivity index (χ1v) is 6.69. The first-order chi connectivity index (χ1) is 8.26. The normalized spacial score (nSPS) is 34.1. The second kappa shape index (κ2) is 5.83. The summed E-state index contributed by atoms with van der Waals surface area (Å²) in [6.45, 7) is 2.24. The summed E-state index contributed by atoms with van der Waals surface area (Å²) >= 11 is 0. The van der Waals surface area contributed by atoms with Gasteiger partial charge in [0.25, 0.3) is 0 Å². The van der Waals surface area contributed by atoms with E-state index in [4.69, 9.17) is 4.74 Å². The van der Waals surface area contributed by atoms with E-state index < -0.39 is 0 Å². The Hall–Kier alpha value is -0.610. The van der Waals surface area contributed by atoms with Gasteiger partial charge in [-0.05, 0) is 31.1 Å². The van der Waals surface area contributed by atoms with Gasteiger partial charge >= 0.3 is 5.97 Å². The second-order valence-electron chi connectivity index (χ2n) is 5.31. The van der Waals surface area contributed by atoms with Gasteiger partial charge in [-0.2, -0.15) is 0 Å². The van der Waals surface area contributed by atoms with Gasteiger partial charge in [-0.3, -0.25) is 9.69 Å². The summed E-state index contributed by atoms with van der Waals surface area (Å²) in [7, 11) is 1.45. The Labute approximate surface area is 103 Å². The molecule has 98 valence electrons. The number of likely N-dealkylation sites (tertiary alicyclic amines) is 1. The van der Waals surface area contributed by atoms with Gasteiger partial charge in [0.1, 0.15) is 6.04 Å². The zero-order valence-electron chi connectivity index (χ0n) is 10.6. The summed E-state index contributed by atoms with van der Waals surface area (Å²) in [4.78, 5) is 13.7. The molecule has 3 atom stereocenters. The molecule has 0 aromatic heterocycles. The molecular formula is C13H23NO3. The summed E-state index contributed by atoms with van der Waals surface area (Å²) in [5, 5.41) is 9.38. The highest BCUT2D eigenvalue weighted by molar-refractivity contribution is 5.76. The number of esters is 1. The minimum Gasteiger partial charge on any atom is -0.468 e. The molecule has 0 aromatic rings. The Kier molecular flexibility index (Phi) is 4.40. The number of methoxy groups -OCH3 is 1. The Morgan fingerprint density at radius 2 is 2.00 bits per heavy atom. The molecule has 0 amide bonds. The molecule has 2 fully saturated rings. The zero-order chi connectivity index (χ0) is 12.3. The Balaban J connectivity index is 1.85. The van der Waals surface area contributed by atoms with Crippen molar-refractivity contribution in [2.75, 3.05) is 26.8 Å². The van der Waals surface area contributed by atoms with Crippen molar-refractivity contribution in [3.8, 4) is 0 Å². The van der Waals surface area contributed by atoms with Crippen LogP contribution in [0.2, 0.25) is 0 Å². The van der Waals surface area contributed by atoms with Crippen LogP contribution in [0.1, 0.15) is 32.1 Å². The lowest BCUT2D eigenvalue weighted by molar-refractivity contribution is -0.152. The minimum absolute atomic E-state index is 0.0266. The minimum atomic E-state index is -0.104. The molecule has 1 heterocycles. The predicted octanol–water partition coefficient (Wildman–Crippen LogP) is 1.03. The molecule has 1 saturated heterocycles. The van der Waals surface area contributed by atoms with Crippen LogP contribution in [0.3, 0.4) is 0 Å². The molecule has 1 N–H and O–H groups in total. The molecule has 0 aromatic carbocycles. The molecule has 3 unspecified atom stereocenters. The molecule has 0 bridgehead atoms. The number of aliphatic hydroxyl groups is 1. The lowest BCUT2D eigenvalue weighted by Crippen LogP contribution is -2.55. The number of hydrogen-bond acceptors (Lipinski definition) is 4. The van der Waals surface area contributed by atoms with Gasteiger partial charge in [-0.15, -0.1) is 0 Å². The van der Waals surface area contributed by atoms with Crippen LogP contribution < -0.4 is 0 Å². The molecule has 4 nitrogen and oxygen atoms in total. The van der Waals surface area contributed by atoms with Crippen LogP contribution in [0.25, 0.3) is 0 Å². The third-order valence-corrected chi connectivity index (χ3v) is 4.37. The fraction of sp³-hybridized carbons (Fsp3) is 0.923. The van der Waals surface area contributed by atoms with Crippen molar-refractivity contribution in [1.29, 1.82) is 0 Å². The first kappa shape index (κ1) is 12.8. The summed E-state index contributed by atoms with van der Waals surface area (Å²) in [6, 6.07) is -0.0266. The van der Waals surface area contributed by atoms with Crippen molar-refractivity contribution in [1.82, 2.24) is 4.90 Å². The third kappa shape index (κ3) is 2.80. The maximum Gasteiger partial charge on any atom is 0.323 e. The van der Waals surface area contributed by atoms with E-state index in [-0.39, 0.29) is 12.0 Å². The molecule has 1 aliphatic heterocycles. The number of carbonyl (C=O) groups excluding carboxylic acids is 1. The standard InChI is InChI=1S/C13H23NO3/c1-17-13(16)12-6-7-14(12)8-10-4-2-3-5-11(10)9-15/h10-12,15H,2-9H2,1H3. The van der Waals surface area contributed by atoms with E-state index in [1.54, 1.807) is 0 Å². The van der Waals surface area contributed by atoms with E-state index in [2.05, 4.69) is 4.90 Å². The van der Waals surface area contributed by atoms with Crippen molar-refractivity contribution < 1.29 is 14.6 Å². The summed E-state index contributed by atoms with van der Waals surface area (Å²) in [5.74, 6) is 0.886. The number of ether oxygens (including phenoxy) is 1. The van der Waals surface area contributed by atoms with Crippen LogP contribution >= 0.6 is 0 Å². The zero-order valence-corrected chi connectivity index (χ0v) is 10.6. The highest BCUT2D eigenvalue weighted by Crippen LogP contribution is 2.32. The molecule has 1 aliphatic carbocycles. The maximum absolute atomic E-state index is 11.5. The monoisotopic (exact) mass is 241 g/mol. The van der Waals surface area contributed by atoms with Gasteiger partial charge < -0.3 is 9.84 Å². The number of rotatable bonds is 4. The first-order valence-electron chi connectivity index (χ1n) is 6.69. The van der Waals surface area contributed by atoms with Crippen molar-refractivity contribution in [2.45, 2.75) is 38.1 Å². The number of aliphatic hydroxyl groups excluding tert-OH is 1. The molecule has 0 radical (unpaired) electrons. The molecule has 2 rings (SSSR count). The van der Waals surface area contributed by atoms with Gasteiger partial charge in [0.2, 0.25) is 0 Å². The van der Waals surface area contributed by atoms with Crippen LogP contribution in [-0.4, -0.2) is 48.8 Å². The lowest BCUT2D eigenvalue weighted by atomic mass is 9.78. The van der Waals surface area contributed by atoms with E-state index in [9.17, 15) is 9.90 Å². The van der Waals surface area contributed by atoms with E-state index in [1.807, 2.05) is 0 Å². The van der Waals surface area contributed by atoms with Gasteiger partial charge in [0.05, 0.1) is 7.11 Å². The third-order valence-electron chi connectivity index (χ3n) is 4.37. The van der Waals surface area contributed by atoms with Crippen LogP contribution in [0.4, 0.5) is 0 Å². The van der Waals surface area contributed by atoms with Gasteiger partial charge in [-0.1, -0.05) is 12.8 Å². The summed E-state index contributed by atoms with van der Waals surface area (Å²) in [6.07, 6.45) is 5.75. The molecular weight excluding hydrogens is 218 g/mol. The van der Waals surface area contributed by atoms with Gasteiger partial charge in [-0.25, -0.2) is 0 Å². The Morgan fingerprint density at radius 3 is 2.53 bits per heavy atom. The van der Waals surface area contributed by atoms with E-state index in [1.165, 1.54) is 26.4 Å². The molecule has 4 heteroatoms. The van der Waals surface area contributed by atoms with Gasteiger partial charge in [0, 0.05) is 19.7 Å². The highest BCUT2D eigenvalue weighted by atomic mass is 16.5. The predicted molar refractivity (Wildman–Crippen MR) is 64.5 cm³/mol. The molecule has 1 saturated carbocycles. The molecule has 17 heavy (non-hydrogen) atoms. The lowest BCUT2D eigenvalue weighted by Gasteiger charge is -2.43.